The smallest absolute Gasteiger partial charge is 0.0557 e. The molecule has 0 saturated heterocycles. The molecule has 0 radical (unpaired) electrons. The van der Waals surface area contributed by atoms with Crippen LogP contribution >= 0.6 is 0 Å². The monoisotopic (exact) mass is 202 g/mol. The standard InChI is InChI=1S/C14H18O/c1-11(2)14(9-13(15)10-14)8-12-6-4-3-5-7-12/h3-7,13,15H,1,8-10H2,2H3. The molecule has 0 unspecified atom stereocenters. The Hall–Kier alpha value is -1.08. The van der Waals surface area contributed by atoms with Crippen LogP contribution in [-0.2, 0) is 6.42 Å². The third-order valence-electron chi connectivity index (χ3n) is 3.54. The molecule has 0 amide bonds. The first-order chi connectivity index (χ1) is 7.12. The Balaban J connectivity index is 2.13. The van der Waals surface area contributed by atoms with E-state index in [2.05, 4.69) is 37.8 Å². The molecule has 1 nitrogen and oxygen atoms in total. The van der Waals surface area contributed by atoms with Crippen LogP contribution in [0.3, 0.4) is 0 Å². The molecule has 1 saturated carbocycles. The van der Waals surface area contributed by atoms with Crippen molar-refractivity contribution >= 4 is 0 Å². The maximum absolute atomic E-state index is 9.47. The molecule has 0 spiro atoms. The van der Waals surface area contributed by atoms with Crippen molar-refractivity contribution in [1.29, 1.82) is 0 Å². The molecule has 0 heterocycles. The largest absolute Gasteiger partial charge is 0.393 e. The number of hydrogen-bond donors (Lipinski definition) is 1. The lowest BCUT2D eigenvalue weighted by molar-refractivity contribution is -0.00807. The van der Waals surface area contributed by atoms with Crippen LogP contribution in [0.2, 0.25) is 0 Å². The first-order valence-electron chi connectivity index (χ1n) is 5.50. The van der Waals surface area contributed by atoms with E-state index >= 15 is 0 Å². The zero-order chi connectivity index (χ0) is 10.9. The molecule has 0 aromatic heterocycles. The summed E-state index contributed by atoms with van der Waals surface area (Å²) in [5, 5.41) is 9.47. The van der Waals surface area contributed by atoms with E-state index < -0.39 is 0 Å². The molecule has 1 fully saturated rings. The summed E-state index contributed by atoms with van der Waals surface area (Å²) in [6.45, 7) is 6.15. The second kappa shape index (κ2) is 3.82. The van der Waals surface area contributed by atoms with Gasteiger partial charge in [-0.1, -0.05) is 42.5 Å². The van der Waals surface area contributed by atoms with Gasteiger partial charge in [0.2, 0.25) is 0 Å². The molecular weight excluding hydrogens is 184 g/mol. The minimum absolute atomic E-state index is 0.120. The lowest BCUT2D eigenvalue weighted by atomic mass is 9.60. The second-order valence-electron chi connectivity index (χ2n) is 4.79. The second-order valence-corrected chi connectivity index (χ2v) is 4.79. The van der Waals surface area contributed by atoms with Gasteiger partial charge in [0.25, 0.3) is 0 Å². The Morgan fingerprint density at radius 3 is 2.47 bits per heavy atom. The Bertz CT molecular complexity index is 347. The number of allylic oxidation sites excluding steroid dienone is 1. The number of benzene rings is 1. The lowest BCUT2D eigenvalue weighted by Gasteiger charge is -2.46. The molecule has 80 valence electrons. The molecule has 1 aromatic carbocycles. The molecule has 1 N–H and O–H groups in total. The highest BCUT2D eigenvalue weighted by Crippen LogP contribution is 2.48. The normalized spacial score (nSPS) is 29.6. The van der Waals surface area contributed by atoms with E-state index in [1.165, 1.54) is 11.1 Å². The van der Waals surface area contributed by atoms with Crippen LogP contribution in [0.15, 0.2) is 42.5 Å². The molecule has 2 rings (SSSR count). The SMILES string of the molecule is C=C(C)C1(Cc2ccccc2)CC(O)C1. The summed E-state index contributed by atoms with van der Waals surface area (Å²) < 4.78 is 0. The molecule has 0 aliphatic heterocycles. The van der Waals surface area contributed by atoms with Crippen molar-refractivity contribution in [2.45, 2.75) is 32.3 Å². The van der Waals surface area contributed by atoms with E-state index in [-0.39, 0.29) is 11.5 Å². The Morgan fingerprint density at radius 2 is 2.00 bits per heavy atom. The van der Waals surface area contributed by atoms with Crippen molar-refractivity contribution in [3.8, 4) is 0 Å². The van der Waals surface area contributed by atoms with Gasteiger partial charge in [-0.2, -0.15) is 0 Å². The predicted octanol–water partition coefficient (Wildman–Crippen LogP) is 2.95. The fourth-order valence-electron chi connectivity index (χ4n) is 2.47. The van der Waals surface area contributed by atoms with Gasteiger partial charge in [0.15, 0.2) is 0 Å². The van der Waals surface area contributed by atoms with Crippen molar-refractivity contribution in [2.24, 2.45) is 5.41 Å². The van der Waals surface area contributed by atoms with Crippen LogP contribution < -0.4 is 0 Å². The molecular formula is C14H18O. The minimum atomic E-state index is -0.120. The first-order valence-corrected chi connectivity index (χ1v) is 5.50. The summed E-state index contributed by atoms with van der Waals surface area (Å²) in [4.78, 5) is 0. The third kappa shape index (κ3) is 1.98. The van der Waals surface area contributed by atoms with Gasteiger partial charge in [-0.25, -0.2) is 0 Å². The van der Waals surface area contributed by atoms with Crippen LogP contribution in [0.5, 0.6) is 0 Å². The Kier molecular flexibility index (Phi) is 2.66. The van der Waals surface area contributed by atoms with E-state index in [0.717, 1.165) is 19.3 Å². The molecule has 0 atom stereocenters. The van der Waals surface area contributed by atoms with Gasteiger partial charge in [-0.3, -0.25) is 0 Å². The van der Waals surface area contributed by atoms with E-state index in [1.54, 1.807) is 0 Å². The number of rotatable bonds is 3. The van der Waals surface area contributed by atoms with Crippen LogP contribution in [0, 0.1) is 5.41 Å². The van der Waals surface area contributed by atoms with Crippen molar-refractivity contribution in [1.82, 2.24) is 0 Å². The molecule has 1 aliphatic rings. The first kappa shape index (κ1) is 10.4. The lowest BCUT2D eigenvalue weighted by Crippen LogP contribution is -2.43. The zero-order valence-electron chi connectivity index (χ0n) is 9.24. The minimum Gasteiger partial charge on any atom is -0.393 e. The van der Waals surface area contributed by atoms with Gasteiger partial charge < -0.3 is 5.11 Å². The maximum atomic E-state index is 9.47. The third-order valence-corrected chi connectivity index (χ3v) is 3.54. The average molecular weight is 202 g/mol. The maximum Gasteiger partial charge on any atom is 0.0557 e. The zero-order valence-corrected chi connectivity index (χ0v) is 9.24. The highest BCUT2D eigenvalue weighted by atomic mass is 16.3. The van der Waals surface area contributed by atoms with Crippen LogP contribution in [0.4, 0.5) is 0 Å². The van der Waals surface area contributed by atoms with E-state index in [0.29, 0.717) is 0 Å². The number of aliphatic hydroxyl groups is 1. The Morgan fingerprint density at radius 1 is 1.40 bits per heavy atom. The highest BCUT2D eigenvalue weighted by Gasteiger charge is 2.43. The van der Waals surface area contributed by atoms with Gasteiger partial charge in [-0.15, -0.1) is 0 Å². The summed E-state index contributed by atoms with van der Waals surface area (Å²) in [5.74, 6) is 0. The van der Waals surface area contributed by atoms with E-state index in [9.17, 15) is 5.11 Å². The van der Waals surface area contributed by atoms with Gasteiger partial charge >= 0.3 is 0 Å². The average Bonchev–Trinajstić information content (AvgIpc) is 2.16. The van der Waals surface area contributed by atoms with E-state index in [1.807, 2.05) is 6.07 Å². The van der Waals surface area contributed by atoms with Crippen molar-refractivity contribution in [3.63, 3.8) is 0 Å². The Labute approximate surface area is 91.4 Å². The fourth-order valence-corrected chi connectivity index (χ4v) is 2.47. The summed E-state index contributed by atoms with van der Waals surface area (Å²) in [7, 11) is 0. The number of hydrogen-bond acceptors (Lipinski definition) is 1. The quantitative estimate of drug-likeness (QED) is 0.747. The van der Waals surface area contributed by atoms with Gasteiger partial charge in [0, 0.05) is 0 Å². The molecule has 0 bridgehead atoms. The number of aliphatic hydroxyl groups excluding tert-OH is 1. The van der Waals surface area contributed by atoms with Crippen LogP contribution in [0.25, 0.3) is 0 Å². The molecule has 15 heavy (non-hydrogen) atoms. The van der Waals surface area contributed by atoms with Gasteiger partial charge in [0.05, 0.1) is 6.10 Å². The van der Waals surface area contributed by atoms with Crippen molar-refractivity contribution in [3.05, 3.63) is 48.0 Å². The van der Waals surface area contributed by atoms with Crippen LogP contribution in [-0.4, -0.2) is 11.2 Å². The summed E-state index contributed by atoms with van der Waals surface area (Å²) in [6.07, 6.45) is 2.64. The topological polar surface area (TPSA) is 20.2 Å². The molecule has 1 heteroatoms. The van der Waals surface area contributed by atoms with Crippen molar-refractivity contribution < 1.29 is 5.11 Å². The molecule has 1 aromatic rings. The highest BCUT2D eigenvalue weighted by molar-refractivity contribution is 5.24. The van der Waals surface area contributed by atoms with E-state index in [4.69, 9.17) is 0 Å². The summed E-state index contributed by atoms with van der Waals surface area (Å²) in [6, 6.07) is 10.5. The predicted molar refractivity (Wildman–Crippen MR) is 62.6 cm³/mol. The molecule has 1 aliphatic carbocycles. The van der Waals surface area contributed by atoms with Gasteiger partial charge in [0.1, 0.15) is 0 Å². The van der Waals surface area contributed by atoms with Crippen LogP contribution in [0.1, 0.15) is 25.3 Å². The van der Waals surface area contributed by atoms with Gasteiger partial charge in [-0.05, 0) is 37.2 Å². The summed E-state index contributed by atoms with van der Waals surface area (Å²) >= 11 is 0. The van der Waals surface area contributed by atoms with Crippen molar-refractivity contribution in [2.75, 3.05) is 0 Å². The summed E-state index contributed by atoms with van der Waals surface area (Å²) in [5.41, 5.74) is 2.70. The fraction of sp³-hybridized carbons (Fsp3) is 0.429.